The number of hydrogen-bond donors (Lipinski definition) is 2. The van der Waals surface area contributed by atoms with Crippen molar-refractivity contribution >= 4 is 5.97 Å². The molecule has 0 amide bonds. The van der Waals surface area contributed by atoms with Gasteiger partial charge >= 0.3 is 5.97 Å². The Morgan fingerprint density at radius 2 is 2.14 bits per heavy atom. The highest BCUT2D eigenvalue weighted by Crippen LogP contribution is 2.62. The summed E-state index contributed by atoms with van der Waals surface area (Å²) in [6, 6.07) is 7.76. The molecule has 1 aromatic carbocycles. The minimum absolute atomic E-state index is 0.331. The van der Waals surface area contributed by atoms with Gasteiger partial charge < -0.3 is 10.4 Å². The second-order valence-electron chi connectivity index (χ2n) is 7.73. The smallest absolute Gasteiger partial charge is 0.335 e. The van der Waals surface area contributed by atoms with Crippen molar-refractivity contribution in [3.05, 3.63) is 35.4 Å². The normalized spacial score (nSPS) is 33.3. The number of aromatic carboxylic acids is 1. The topological polar surface area (TPSA) is 49.3 Å². The minimum Gasteiger partial charge on any atom is -0.478 e. The summed E-state index contributed by atoms with van der Waals surface area (Å²) in [6.45, 7) is 7.92. The van der Waals surface area contributed by atoms with Crippen LogP contribution in [0.4, 0.5) is 0 Å². The molecule has 2 fully saturated rings. The van der Waals surface area contributed by atoms with Crippen molar-refractivity contribution in [3.8, 4) is 0 Å². The molecule has 1 aromatic rings. The Labute approximate surface area is 126 Å². The first-order valence-corrected chi connectivity index (χ1v) is 7.88. The fourth-order valence-electron chi connectivity index (χ4n) is 4.85. The first kappa shape index (κ1) is 14.6. The maximum absolute atomic E-state index is 11.1. The van der Waals surface area contributed by atoms with Crippen LogP contribution in [0.25, 0.3) is 0 Å². The zero-order valence-corrected chi connectivity index (χ0v) is 13.1. The maximum atomic E-state index is 11.1. The molecule has 0 aromatic heterocycles. The van der Waals surface area contributed by atoms with Crippen molar-refractivity contribution < 1.29 is 9.90 Å². The molecule has 3 atom stereocenters. The summed E-state index contributed by atoms with van der Waals surface area (Å²) in [4.78, 5) is 11.1. The number of carboxylic acid groups (broad SMARTS) is 1. The lowest BCUT2D eigenvalue weighted by molar-refractivity contribution is 0.0696. The van der Waals surface area contributed by atoms with E-state index in [4.69, 9.17) is 5.11 Å². The number of carbonyl (C=O) groups is 1. The van der Waals surface area contributed by atoms with Crippen molar-refractivity contribution in [2.75, 3.05) is 0 Å². The summed E-state index contributed by atoms with van der Waals surface area (Å²) in [7, 11) is 0. The SMILES string of the molecule is CC12CCC(C1)C(C)(C)C2NCc1cccc(C(=O)O)c1. The molecule has 114 valence electrons. The third-order valence-electron chi connectivity index (χ3n) is 5.95. The molecule has 3 nitrogen and oxygen atoms in total. The van der Waals surface area contributed by atoms with Crippen LogP contribution in [0.2, 0.25) is 0 Å². The Morgan fingerprint density at radius 3 is 2.76 bits per heavy atom. The van der Waals surface area contributed by atoms with Gasteiger partial charge in [-0.05, 0) is 53.7 Å². The molecule has 2 aliphatic rings. The van der Waals surface area contributed by atoms with E-state index < -0.39 is 5.97 Å². The standard InChI is InChI=1S/C18H25NO2/c1-17(2)14-7-8-18(3,10-14)16(17)19-11-12-5-4-6-13(9-12)15(20)21/h4-6,9,14,16,19H,7-8,10-11H2,1-3H3,(H,20,21). The quantitative estimate of drug-likeness (QED) is 0.888. The van der Waals surface area contributed by atoms with E-state index in [1.54, 1.807) is 12.1 Å². The molecular weight excluding hydrogens is 262 g/mol. The van der Waals surface area contributed by atoms with Gasteiger partial charge in [0.05, 0.1) is 5.56 Å². The number of fused-ring (bicyclic) bond motifs is 2. The van der Waals surface area contributed by atoms with Gasteiger partial charge in [0, 0.05) is 12.6 Å². The Balaban J connectivity index is 1.73. The fraction of sp³-hybridized carbons (Fsp3) is 0.611. The molecular formula is C18H25NO2. The molecule has 3 heteroatoms. The van der Waals surface area contributed by atoms with Gasteiger partial charge in [0.2, 0.25) is 0 Å². The number of benzene rings is 1. The molecule has 0 heterocycles. The highest BCUT2D eigenvalue weighted by molar-refractivity contribution is 5.87. The van der Waals surface area contributed by atoms with Gasteiger partial charge in [-0.15, -0.1) is 0 Å². The lowest BCUT2D eigenvalue weighted by atomic mass is 9.68. The molecule has 0 aliphatic heterocycles. The predicted octanol–water partition coefficient (Wildman–Crippen LogP) is 3.69. The zero-order valence-electron chi connectivity index (χ0n) is 13.1. The van der Waals surface area contributed by atoms with E-state index >= 15 is 0 Å². The van der Waals surface area contributed by atoms with Crippen LogP contribution in [0.5, 0.6) is 0 Å². The van der Waals surface area contributed by atoms with E-state index in [1.165, 1.54) is 19.3 Å². The first-order valence-electron chi connectivity index (χ1n) is 7.88. The van der Waals surface area contributed by atoms with Crippen LogP contribution in [0, 0.1) is 16.7 Å². The molecule has 2 bridgehead atoms. The number of nitrogens with one attached hydrogen (secondary N) is 1. The van der Waals surface area contributed by atoms with E-state index in [0.717, 1.165) is 18.0 Å². The van der Waals surface area contributed by atoms with Crippen molar-refractivity contribution in [1.29, 1.82) is 0 Å². The third kappa shape index (κ3) is 2.38. The third-order valence-corrected chi connectivity index (χ3v) is 5.95. The average Bonchev–Trinajstić information content (AvgIpc) is 2.89. The average molecular weight is 287 g/mol. The van der Waals surface area contributed by atoms with Gasteiger partial charge in [0.1, 0.15) is 0 Å². The van der Waals surface area contributed by atoms with E-state index in [2.05, 4.69) is 26.1 Å². The van der Waals surface area contributed by atoms with Crippen molar-refractivity contribution in [2.24, 2.45) is 16.7 Å². The van der Waals surface area contributed by atoms with Crippen molar-refractivity contribution in [1.82, 2.24) is 5.32 Å². The van der Waals surface area contributed by atoms with E-state index in [1.807, 2.05) is 12.1 Å². The molecule has 0 saturated heterocycles. The molecule has 3 rings (SSSR count). The summed E-state index contributed by atoms with van der Waals surface area (Å²) >= 11 is 0. The lowest BCUT2D eigenvalue weighted by Gasteiger charge is -2.43. The van der Waals surface area contributed by atoms with Gasteiger partial charge in [-0.25, -0.2) is 4.79 Å². The zero-order chi connectivity index (χ0) is 15.3. The summed E-state index contributed by atoms with van der Waals surface area (Å²) in [5.74, 6) is -0.0329. The van der Waals surface area contributed by atoms with Crippen LogP contribution >= 0.6 is 0 Å². The van der Waals surface area contributed by atoms with Gasteiger partial charge in [0.25, 0.3) is 0 Å². The second kappa shape index (κ2) is 4.84. The Kier molecular flexibility index (Phi) is 3.36. The Hall–Kier alpha value is -1.35. The van der Waals surface area contributed by atoms with Crippen LogP contribution < -0.4 is 5.32 Å². The number of hydrogen-bond acceptors (Lipinski definition) is 2. The maximum Gasteiger partial charge on any atom is 0.335 e. The van der Waals surface area contributed by atoms with Gasteiger partial charge in [-0.1, -0.05) is 32.9 Å². The molecule has 0 spiro atoms. The van der Waals surface area contributed by atoms with Crippen LogP contribution in [0.15, 0.2) is 24.3 Å². The monoisotopic (exact) mass is 287 g/mol. The lowest BCUT2D eigenvalue weighted by Crippen LogP contribution is -2.49. The van der Waals surface area contributed by atoms with Crippen LogP contribution in [-0.2, 0) is 6.54 Å². The van der Waals surface area contributed by atoms with E-state index in [9.17, 15) is 4.79 Å². The highest BCUT2D eigenvalue weighted by Gasteiger charge is 2.58. The van der Waals surface area contributed by atoms with Crippen LogP contribution in [-0.4, -0.2) is 17.1 Å². The molecule has 3 unspecified atom stereocenters. The minimum atomic E-state index is -0.857. The highest BCUT2D eigenvalue weighted by atomic mass is 16.4. The summed E-state index contributed by atoms with van der Waals surface area (Å²) in [5.41, 5.74) is 2.15. The second-order valence-corrected chi connectivity index (χ2v) is 7.73. The Morgan fingerprint density at radius 1 is 1.38 bits per heavy atom. The fourth-order valence-corrected chi connectivity index (χ4v) is 4.85. The largest absolute Gasteiger partial charge is 0.478 e. The molecule has 2 saturated carbocycles. The van der Waals surface area contributed by atoms with Crippen molar-refractivity contribution in [3.63, 3.8) is 0 Å². The van der Waals surface area contributed by atoms with Gasteiger partial charge in [0.15, 0.2) is 0 Å². The van der Waals surface area contributed by atoms with E-state index in [-0.39, 0.29) is 0 Å². The molecule has 21 heavy (non-hydrogen) atoms. The van der Waals surface area contributed by atoms with Crippen LogP contribution in [0.1, 0.15) is 56.0 Å². The molecule has 2 aliphatic carbocycles. The van der Waals surface area contributed by atoms with Gasteiger partial charge in [-0.3, -0.25) is 0 Å². The molecule has 0 radical (unpaired) electrons. The van der Waals surface area contributed by atoms with Gasteiger partial charge in [-0.2, -0.15) is 0 Å². The Bertz CT molecular complexity index is 561. The number of rotatable bonds is 4. The van der Waals surface area contributed by atoms with Crippen LogP contribution in [0.3, 0.4) is 0 Å². The predicted molar refractivity (Wildman–Crippen MR) is 83.3 cm³/mol. The van der Waals surface area contributed by atoms with E-state index in [0.29, 0.717) is 22.4 Å². The van der Waals surface area contributed by atoms with Crippen molar-refractivity contribution in [2.45, 2.75) is 52.6 Å². The number of carboxylic acids is 1. The molecule has 2 N–H and O–H groups in total. The first-order chi connectivity index (χ1) is 9.83. The summed E-state index contributed by atoms with van der Waals surface area (Å²) in [6.07, 6.45) is 4.00. The summed E-state index contributed by atoms with van der Waals surface area (Å²) in [5, 5.41) is 12.8. The summed E-state index contributed by atoms with van der Waals surface area (Å²) < 4.78 is 0.